The van der Waals surface area contributed by atoms with E-state index < -0.39 is 31.8 Å². The van der Waals surface area contributed by atoms with Crippen LogP contribution in [0, 0.1) is 0 Å². The molecule has 8 heteroatoms. The van der Waals surface area contributed by atoms with Crippen LogP contribution >= 0.6 is 0 Å². The van der Waals surface area contributed by atoms with E-state index in [1.807, 2.05) is 0 Å². The van der Waals surface area contributed by atoms with E-state index in [0.29, 0.717) is 6.04 Å². The molecule has 2 rings (SSSR count). The summed E-state index contributed by atoms with van der Waals surface area (Å²) >= 11 is 0. The monoisotopic (exact) mass is 282 g/mol. The fraction of sp³-hybridized carbons (Fsp3) is 1.00. The van der Waals surface area contributed by atoms with Crippen molar-refractivity contribution < 1.29 is 16.7 Å². The van der Waals surface area contributed by atoms with Crippen molar-refractivity contribution >= 4 is 31.8 Å². The van der Waals surface area contributed by atoms with Crippen LogP contribution in [-0.4, -0.2) is 38.5 Å². The molecule has 2 bridgehead atoms. The van der Waals surface area contributed by atoms with Crippen LogP contribution in [0.5, 0.6) is 0 Å². The third-order valence-electron chi connectivity index (χ3n) is 3.88. The zero-order valence-corrected chi connectivity index (χ0v) is 14.0. The summed E-state index contributed by atoms with van der Waals surface area (Å²) in [5.41, 5.74) is 0. The van der Waals surface area contributed by atoms with Crippen molar-refractivity contribution in [2.45, 2.75) is 38.8 Å². The van der Waals surface area contributed by atoms with Crippen molar-refractivity contribution in [1.82, 2.24) is 0 Å². The largest absolute Gasteiger partial charge is 0.471 e. The fourth-order valence-corrected chi connectivity index (χ4v) is 53.0. The van der Waals surface area contributed by atoms with Crippen LogP contribution in [-0.2, 0) is 12.3 Å². The normalized spacial score (nSPS) is 46.0. The van der Waals surface area contributed by atoms with Crippen LogP contribution in [0.4, 0.5) is 4.39 Å². The van der Waals surface area contributed by atoms with Gasteiger partial charge in [-0.05, 0) is 32.7 Å². The molecule has 2 aliphatic rings. The second-order valence-electron chi connectivity index (χ2n) is 5.48. The Morgan fingerprint density at radius 2 is 1.33 bits per heavy atom. The van der Waals surface area contributed by atoms with Gasteiger partial charge in [0.05, 0.1) is 6.67 Å². The number of hydrogen-bond acceptors (Lipinski definition) is 3. The molecule has 2 saturated heterocycles. The Bertz CT molecular complexity index is 278. The lowest BCUT2D eigenvalue weighted by Crippen LogP contribution is -2.72. The number of rotatable bonds is 2. The third kappa shape index (κ3) is 1.43. The van der Waals surface area contributed by atoms with E-state index in [4.69, 9.17) is 12.3 Å². The van der Waals surface area contributed by atoms with Crippen molar-refractivity contribution in [3.63, 3.8) is 0 Å². The molecule has 0 radical (unpaired) electrons. The summed E-state index contributed by atoms with van der Waals surface area (Å²) in [5, 5.41) is 0. The number of fused-ring (bicyclic) bond motifs is 2. The lowest BCUT2D eigenvalue weighted by molar-refractivity contribution is 0.297. The van der Waals surface area contributed by atoms with Gasteiger partial charge in [0.2, 0.25) is 7.35 Å². The van der Waals surface area contributed by atoms with Gasteiger partial charge in [0.1, 0.15) is 0 Å². The molecule has 0 amide bonds. The van der Waals surface area contributed by atoms with E-state index in [9.17, 15) is 4.39 Å². The van der Waals surface area contributed by atoms with Gasteiger partial charge in [-0.25, -0.2) is 0 Å². The van der Waals surface area contributed by atoms with E-state index >= 15 is 0 Å². The topological polar surface area (TPSA) is 27.7 Å². The van der Waals surface area contributed by atoms with Gasteiger partial charge in [-0.1, -0.05) is 0 Å². The Hall–Kier alpha value is 0.678. The summed E-state index contributed by atoms with van der Waals surface area (Å²) < 4.78 is 31.0. The fourth-order valence-electron chi connectivity index (χ4n) is 2.59. The zero-order chi connectivity index (χ0) is 11.5. The summed E-state index contributed by atoms with van der Waals surface area (Å²) in [4.78, 5) is 0. The van der Waals surface area contributed by atoms with Gasteiger partial charge in [0.15, 0.2) is 15.7 Å². The smallest absolute Gasteiger partial charge is 0.417 e. The maximum atomic E-state index is 12.6. The first kappa shape index (κ1) is 12.1. The van der Waals surface area contributed by atoms with Gasteiger partial charge in [0, 0.05) is 6.04 Å². The van der Waals surface area contributed by atoms with Crippen molar-refractivity contribution in [2.24, 2.45) is 0 Å². The van der Waals surface area contributed by atoms with Crippen LogP contribution in [0.15, 0.2) is 0 Å². The second kappa shape index (κ2) is 3.12. The van der Waals surface area contributed by atoms with Gasteiger partial charge in [-0.3, -0.25) is 4.39 Å². The van der Waals surface area contributed by atoms with Crippen molar-refractivity contribution in [3.05, 3.63) is 0 Å². The molecule has 0 spiro atoms. The first-order chi connectivity index (χ1) is 6.68. The van der Waals surface area contributed by atoms with E-state index in [2.05, 4.69) is 32.7 Å². The Balaban J connectivity index is 2.39. The number of alkyl halides is 1. The second-order valence-corrected chi connectivity index (χ2v) is 32.4. The molecule has 88 valence electrons. The standard InChI is InChI=1S/C7H19FO3Si4/c1-12(2)9-15(7-6-8)10-13(3,4)14(12,5)11-15/h6-7H2,1-5H3. The molecule has 0 aromatic rings. The molecule has 0 aromatic heterocycles. The Kier molecular flexibility index (Phi) is 2.52. The van der Waals surface area contributed by atoms with Crippen molar-refractivity contribution in [3.8, 4) is 0 Å². The molecule has 0 unspecified atom stereocenters. The predicted octanol–water partition coefficient (Wildman–Crippen LogP) is 2.11. The maximum Gasteiger partial charge on any atom is 0.471 e. The summed E-state index contributed by atoms with van der Waals surface area (Å²) in [5.74, 6) is 0. The number of hydrogen-bond donors (Lipinski definition) is 0. The molecule has 0 saturated carbocycles. The Labute approximate surface area is 94.3 Å². The highest BCUT2D eigenvalue weighted by atomic mass is 29.7. The average molecular weight is 283 g/mol. The van der Waals surface area contributed by atoms with Gasteiger partial charge < -0.3 is 12.3 Å². The molecule has 3 nitrogen and oxygen atoms in total. The molecule has 2 heterocycles. The predicted molar refractivity (Wildman–Crippen MR) is 66.4 cm³/mol. The SMILES string of the molecule is C[Si]1(C)O[Si]2(CCF)O[Si](C)(C)[Si]1(C)O2. The van der Waals surface area contributed by atoms with Gasteiger partial charge in [-0.2, -0.15) is 0 Å². The van der Waals surface area contributed by atoms with E-state index in [0.717, 1.165) is 0 Å². The van der Waals surface area contributed by atoms with Crippen LogP contribution in [0.3, 0.4) is 0 Å². The Morgan fingerprint density at radius 3 is 1.67 bits per heavy atom. The van der Waals surface area contributed by atoms with Crippen LogP contribution in [0.1, 0.15) is 0 Å². The quantitative estimate of drug-likeness (QED) is 0.726. The minimum Gasteiger partial charge on any atom is -0.417 e. The van der Waals surface area contributed by atoms with Crippen LogP contribution < -0.4 is 0 Å². The minimum absolute atomic E-state index is 0.364. The first-order valence-electron chi connectivity index (χ1n) is 5.35. The highest BCUT2D eigenvalue weighted by Gasteiger charge is 2.79. The lowest BCUT2D eigenvalue weighted by atomic mass is 10.9. The van der Waals surface area contributed by atoms with Gasteiger partial charge >= 0.3 is 8.80 Å². The third-order valence-corrected chi connectivity index (χ3v) is 47.0. The molecule has 0 aromatic carbocycles. The van der Waals surface area contributed by atoms with E-state index in [1.54, 1.807) is 0 Å². The average Bonchev–Trinajstić information content (AvgIpc) is 2.29. The summed E-state index contributed by atoms with van der Waals surface area (Å²) in [6, 6.07) is 0.364. The summed E-state index contributed by atoms with van der Waals surface area (Å²) in [6.45, 7) is 10.8. The molecule has 0 atom stereocenters. The molecule has 2 fully saturated rings. The highest BCUT2D eigenvalue weighted by molar-refractivity contribution is 7.68. The first-order valence-corrected chi connectivity index (χ1v) is 17.5. The van der Waals surface area contributed by atoms with E-state index in [1.165, 1.54) is 0 Å². The molecular formula is C7H19FO3Si4. The Morgan fingerprint density at radius 1 is 0.867 bits per heavy atom. The minimum atomic E-state index is -2.57. The molecular weight excluding hydrogens is 263 g/mol. The van der Waals surface area contributed by atoms with Gasteiger partial charge in [0.25, 0.3) is 0 Å². The summed E-state index contributed by atoms with van der Waals surface area (Å²) in [6.07, 6.45) is 0. The van der Waals surface area contributed by atoms with Crippen LogP contribution in [0.2, 0.25) is 38.8 Å². The molecule has 15 heavy (non-hydrogen) atoms. The maximum absolute atomic E-state index is 12.6. The number of halogens is 1. The molecule has 0 aliphatic carbocycles. The molecule has 2 aliphatic heterocycles. The van der Waals surface area contributed by atoms with Crippen molar-refractivity contribution in [1.29, 1.82) is 0 Å². The lowest BCUT2D eigenvalue weighted by Gasteiger charge is -2.42. The zero-order valence-electron chi connectivity index (χ0n) is 10.0. The van der Waals surface area contributed by atoms with E-state index in [-0.39, 0.29) is 6.67 Å². The highest BCUT2D eigenvalue weighted by Crippen LogP contribution is 2.50. The van der Waals surface area contributed by atoms with Crippen molar-refractivity contribution in [2.75, 3.05) is 6.67 Å². The van der Waals surface area contributed by atoms with Gasteiger partial charge in [-0.15, -0.1) is 0 Å². The molecule has 0 N–H and O–H groups in total. The van der Waals surface area contributed by atoms with Crippen LogP contribution in [0.25, 0.3) is 0 Å². The summed E-state index contributed by atoms with van der Waals surface area (Å²) in [7, 11) is -7.87.